The summed E-state index contributed by atoms with van der Waals surface area (Å²) in [6.07, 6.45) is -3.50. The molecule has 0 fully saturated rings. The Bertz CT molecular complexity index is 282. The Kier molecular flexibility index (Phi) is 3.51. The van der Waals surface area contributed by atoms with Crippen molar-refractivity contribution in [3.05, 3.63) is 18.0 Å². The SMILES string of the molecule is OCc1ccnn1CCCC(F)(F)F. The number of alkyl halides is 3. The second-order valence-electron chi connectivity index (χ2n) is 2.92. The van der Waals surface area contributed by atoms with Crippen LogP contribution in [-0.4, -0.2) is 21.1 Å². The van der Waals surface area contributed by atoms with Crippen molar-refractivity contribution in [2.24, 2.45) is 0 Å². The van der Waals surface area contributed by atoms with Crippen molar-refractivity contribution < 1.29 is 18.3 Å². The zero-order valence-electron chi connectivity index (χ0n) is 7.46. The minimum Gasteiger partial charge on any atom is -0.390 e. The highest BCUT2D eigenvalue weighted by molar-refractivity contribution is 4.98. The summed E-state index contributed by atoms with van der Waals surface area (Å²) >= 11 is 0. The van der Waals surface area contributed by atoms with Gasteiger partial charge in [0.25, 0.3) is 0 Å². The third-order valence-corrected chi connectivity index (χ3v) is 1.80. The lowest BCUT2D eigenvalue weighted by Gasteiger charge is -2.07. The van der Waals surface area contributed by atoms with Crippen molar-refractivity contribution in [1.29, 1.82) is 0 Å². The summed E-state index contributed by atoms with van der Waals surface area (Å²) in [5.74, 6) is 0. The van der Waals surface area contributed by atoms with Gasteiger partial charge in [0.1, 0.15) is 0 Å². The van der Waals surface area contributed by atoms with Crippen LogP contribution in [0.25, 0.3) is 0 Å². The normalized spacial score (nSPS) is 12.0. The zero-order chi connectivity index (χ0) is 10.6. The highest BCUT2D eigenvalue weighted by Crippen LogP contribution is 2.21. The number of hydrogen-bond acceptors (Lipinski definition) is 2. The average Bonchev–Trinajstić information content (AvgIpc) is 2.49. The Morgan fingerprint density at radius 3 is 2.71 bits per heavy atom. The van der Waals surface area contributed by atoms with Gasteiger partial charge in [0.2, 0.25) is 0 Å². The topological polar surface area (TPSA) is 38.1 Å². The second kappa shape index (κ2) is 4.45. The maximum atomic E-state index is 11.8. The summed E-state index contributed by atoms with van der Waals surface area (Å²) < 4.78 is 36.7. The molecule has 0 atom stereocenters. The maximum Gasteiger partial charge on any atom is 0.389 e. The molecule has 0 aliphatic rings. The summed E-state index contributed by atoms with van der Waals surface area (Å²) in [5, 5.41) is 12.6. The van der Waals surface area contributed by atoms with Gasteiger partial charge in [-0.25, -0.2) is 0 Å². The van der Waals surface area contributed by atoms with Gasteiger partial charge < -0.3 is 5.11 Å². The minimum absolute atomic E-state index is 0.0157. The lowest BCUT2D eigenvalue weighted by Crippen LogP contribution is -2.11. The van der Waals surface area contributed by atoms with Crippen LogP contribution in [0.2, 0.25) is 0 Å². The predicted molar refractivity (Wildman–Crippen MR) is 43.4 cm³/mol. The molecule has 0 radical (unpaired) electrons. The van der Waals surface area contributed by atoms with Crippen LogP contribution in [0.5, 0.6) is 0 Å². The van der Waals surface area contributed by atoms with Crippen molar-refractivity contribution in [3.63, 3.8) is 0 Å². The van der Waals surface area contributed by atoms with Crippen LogP contribution in [0, 0.1) is 0 Å². The van der Waals surface area contributed by atoms with Gasteiger partial charge >= 0.3 is 6.18 Å². The van der Waals surface area contributed by atoms with Gasteiger partial charge in [-0.2, -0.15) is 18.3 Å². The molecule has 0 bridgehead atoms. The molecule has 1 heterocycles. The molecule has 0 spiro atoms. The first kappa shape index (κ1) is 11.0. The Labute approximate surface area is 79.2 Å². The van der Waals surface area contributed by atoms with Crippen molar-refractivity contribution >= 4 is 0 Å². The van der Waals surface area contributed by atoms with Crippen molar-refractivity contribution in [1.82, 2.24) is 9.78 Å². The van der Waals surface area contributed by atoms with E-state index in [2.05, 4.69) is 5.10 Å². The molecule has 6 heteroatoms. The third kappa shape index (κ3) is 3.37. The van der Waals surface area contributed by atoms with E-state index in [0.717, 1.165) is 0 Å². The highest BCUT2D eigenvalue weighted by atomic mass is 19.4. The van der Waals surface area contributed by atoms with Crippen LogP contribution in [0.15, 0.2) is 12.3 Å². The number of aryl methyl sites for hydroxylation is 1. The fourth-order valence-electron chi connectivity index (χ4n) is 1.12. The molecule has 0 aliphatic carbocycles. The minimum atomic E-state index is -4.12. The second-order valence-corrected chi connectivity index (χ2v) is 2.92. The van der Waals surface area contributed by atoms with Gasteiger partial charge in [0, 0.05) is 19.2 Å². The molecule has 3 nitrogen and oxygen atoms in total. The van der Waals surface area contributed by atoms with E-state index < -0.39 is 12.6 Å². The summed E-state index contributed by atoms with van der Waals surface area (Å²) in [7, 11) is 0. The molecular formula is C8H11F3N2O. The van der Waals surface area contributed by atoms with Crippen LogP contribution in [-0.2, 0) is 13.2 Å². The van der Waals surface area contributed by atoms with Crippen molar-refractivity contribution in [2.45, 2.75) is 32.2 Å². The van der Waals surface area contributed by atoms with Crippen molar-refractivity contribution in [3.8, 4) is 0 Å². The number of hydrogen-bond donors (Lipinski definition) is 1. The molecule has 0 amide bonds. The fourth-order valence-corrected chi connectivity index (χ4v) is 1.12. The van der Waals surface area contributed by atoms with E-state index in [1.54, 1.807) is 6.07 Å². The van der Waals surface area contributed by atoms with Crippen LogP contribution < -0.4 is 0 Å². The van der Waals surface area contributed by atoms with E-state index in [0.29, 0.717) is 5.69 Å². The molecule has 1 rings (SSSR count). The average molecular weight is 208 g/mol. The Balaban J connectivity index is 2.38. The number of aliphatic hydroxyl groups excluding tert-OH is 1. The lowest BCUT2D eigenvalue weighted by atomic mass is 10.3. The predicted octanol–water partition coefficient (Wildman–Crippen LogP) is 1.72. The first-order valence-electron chi connectivity index (χ1n) is 4.21. The Morgan fingerprint density at radius 2 is 2.14 bits per heavy atom. The molecule has 14 heavy (non-hydrogen) atoms. The van der Waals surface area contributed by atoms with Gasteiger partial charge in [-0.05, 0) is 12.5 Å². The first-order valence-corrected chi connectivity index (χ1v) is 4.21. The van der Waals surface area contributed by atoms with Crippen LogP contribution in [0.1, 0.15) is 18.5 Å². The molecule has 1 N–H and O–H groups in total. The Hall–Kier alpha value is -1.04. The van der Waals surface area contributed by atoms with Crippen LogP contribution in [0.3, 0.4) is 0 Å². The van der Waals surface area contributed by atoms with Gasteiger partial charge in [-0.1, -0.05) is 0 Å². The van der Waals surface area contributed by atoms with Gasteiger partial charge in [-0.15, -0.1) is 0 Å². The number of aliphatic hydroxyl groups is 1. The molecule has 1 aromatic rings. The maximum absolute atomic E-state index is 11.8. The summed E-state index contributed by atoms with van der Waals surface area (Å²) in [6.45, 7) is -0.0194. The summed E-state index contributed by atoms with van der Waals surface area (Å²) in [5.41, 5.74) is 0.534. The molecule has 0 aromatic carbocycles. The fraction of sp³-hybridized carbons (Fsp3) is 0.625. The number of halogens is 3. The van der Waals surface area contributed by atoms with E-state index in [4.69, 9.17) is 5.11 Å². The lowest BCUT2D eigenvalue weighted by molar-refractivity contribution is -0.136. The number of aromatic nitrogens is 2. The highest BCUT2D eigenvalue weighted by Gasteiger charge is 2.26. The van der Waals surface area contributed by atoms with E-state index in [9.17, 15) is 13.2 Å². The standard InChI is InChI=1S/C8H11F3N2O/c9-8(10,11)3-1-5-13-7(6-14)2-4-12-13/h2,4,14H,1,3,5-6H2. The monoisotopic (exact) mass is 208 g/mol. The van der Waals surface area contributed by atoms with E-state index in [-0.39, 0.29) is 19.6 Å². The summed E-state index contributed by atoms with van der Waals surface area (Å²) in [6, 6.07) is 1.58. The van der Waals surface area contributed by atoms with Crippen LogP contribution in [0.4, 0.5) is 13.2 Å². The zero-order valence-corrected chi connectivity index (χ0v) is 7.46. The Morgan fingerprint density at radius 1 is 1.43 bits per heavy atom. The smallest absolute Gasteiger partial charge is 0.389 e. The van der Waals surface area contributed by atoms with Crippen molar-refractivity contribution in [2.75, 3.05) is 0 Å². The van der Waals surface area contributed by atoms with Gasteiger partial charge in [0.15, 0.2) is 0 Å². The summed E-state index contributed by atoms with van der Waals surface area (Å²) in [4.78, 5) is 0. The molecular weight excluding hydrogens is 197 g/mol. The van der Waals surface area contributed by atoms with Gasteiger partial charge in [-0.3, -0.25) is 4.68 Å². The van der Waals surface area contributed by atoms with Crippen LogP contribution >= 0.6 is 0 Å². The van der Waals surface area contributed by atoms with E-state index in [1.807, 2.05) is 0 Å². The number of rotatable bonds is 4. The largest absolute Gasteiger partial charge is 0.390 e. The van der Waals surface area contributed by atoms with E-state index >= 15 is 0 Å². The number of nitrogens with zero attached hydrogens (tertiary/aromatic N) is 2. The molecule has 0 aliphatic heterocycles. The molecule has 0 saturated carbocycles. The first-order chi connectivity index (χ1) is 6.53. The molecule has 0 saturated heterocycles. The molecule has 0 unspecified atom stereocenters. The quantitative estimate of drug-likeness (QED) is 0.818. The molecule has 1 aromatic heterocycles. The third-order valence-electron chi connectivity index (χ3n) is 1.80. The van der Waals surface area contributed by atoms with Gasteiger partial charge in [0.05, 0.1) is 12.3 Å². The van der Waals surface area contributed by atoms with E-state index in [1.165, 1.54) is 10.9 Å². The molecule has 80 valence electrons.